The van der Waals surface area contributed by atoms with Gasteiger partial charge in [0.2, 0.25) is 0 Å². The summed E-state index contributed by atoms with van der Waals surface area (Å²) in [4.78, 5) is 1.18. The summed E-state index contributed by atoms with van der Waals surface area (Å²) < 4.78 is 1.17. The SMILES string of the molecule is Cc1cc(-c2nnc(CCCCl)s2)sc1Br. The van der Waals surface area contributed by atoms with Crippen LogP contribution < -0.4 is 0 Å². The number of thiophene rings is 1. The Morgan fingerprint density at radius 3 is 2.81 bits per heavy atom. The molecule has 2 rings (SSSR count). The first-order valence-corrected chi connectivity index (χ1v) is 7.81. The number of hydrogen-bond donors (Lipinski definition) is 0. The Labute approximate surface area is 116 Å². The second kappa shape index (κ2) is 5.58. The highest BCUT2D eigenvalue weighted by atomic mass is 79.9. The van der Waals surface area contributed by atoms with Crippen LogP contribution >= 0.6 is 50.2 Å². The van der Waals surface area contributed by atoms with E-state index in [1.807, 2.05) is 0 Å². The van der Waals surface area contributed by atoms with Crippen molar-refractivity contribution >= 4 is 50.2 Å². The van der Waals surface area contributed by atoms with E-state index in [0.717, 1.165) is 22.9 Å². The van der Waals surface area contributed by atoms with Crippen molar-refractivity contribution in [1.82, 2.24) is 10.2 Å². The minimum Gasteiger partial charge on any atom is -0.143 e. The van der Waals surface area contributed by atoms with Gasteiger partial charge in [0.05, 0.1) is 8.66 Å². The molecule has 2 aromatic rings. The third kappa shape index (κ3) is 2.83. The quantitative estimate of drug-likeness (QED) is 0.767. The fraction of sp³-hybridized carbons (Fsp3) is 0.400. The highest BCUT2D eigenvalue weighted by molar-refractivity contribution is 9.11. The van der Waals surface area contributed by atoms with Gasteiger partial charge in [0.25, 0.3) is 0 Å². The van der Waals surface area contributed by atoms with Gasteiger partial charge in [-0.1, -0.05) is 11.3 Å². The zero-order valence-electron chi connectivity index (χ0n) is 8.67. The fourth-order valence-corrected chi connectivity index (χ4v) is 3.83. The standard InChI is InChI=1S/C10H10BrClN2S2/c1-6-5-7(15-9(6)11)10-14-13-8(16-10)3-2-4-12/h5H,2-4H2,1H3. The second-order valence-corrected chi connectivity index (χ2v) is 7.17. The van der Waals surface area contributed by atoms with Crippen LogP contribution in [-0.4, -0.2) is 16.1 Å². The van der Waals surface area contributed by atoms with Crippen LogP contribution in [0.1, 0.15) is 17.0 Å². The smallest absolute Gasteiger partial charge is 0.143 e. The van der Waals surface area contributed by atoms with Gasteiger partial charge >= 0.3 is 0 Å². The molecule has 2 aromatic heterocycles. The average Bonchev–Trinajstić information content (AvgIpc) is 2.84. The van der Waals surface area contributed by atoms with E-state index in [1.54, 1.807) is 22.7 Å². The van der Waals surface area contributed by atoms with Gasteiger partial charge in [0, 0.05) is 12.3 Å². The second-order valence-electron chi connectivity index (χ2n) is 3.36. The third-order valence-corrected chi connectivity index (χ3v) is 5.62. The Bertz CT molecular complexity index is 461. The van der Waals surface area contributed by atoms with Crippen LogP contribution in [0.3, 0.4) is 0 Å². The molecule has 0 aliphatic carbocycles. The Kier molecular flexibility index (Phi) is 4.35. The molecule has 0 aliphatic heterocycles. The van der Waals surface area contributed by atoms with Crippen LogP contribution in [0.15, 0.2) is 9.85 Å². The van der Waals surface area contributed by atoms with E-state index in [2.05, 4.69) is 39.1 Å². The Morgan fingerprint density at radius 2 is 2.19 bits per heavy atom. The average molecular weight is 338 g/mol. The topological polar surface area (TPSA) is 25.8 Å². The van der Waals surface area contributed by atoms with Crippen molar-refractivity contribution in [3.63, 3.8) is 0 Å². The summed E-state index contributed by atoms with van der Waals surface area (Å²) in [7, 11) is 0. The van der Waals surface area contributed by atoms with Crippen LogP contribution in [0.5, 0.6) is 0 Å². The van der Waals surface area contributed by atoms with Crippen molar-refractivity contribution in [2.24, 2.45) is 0 Å². The van der Waals surface area contributed by atoms with Gasteiger partial charge in [-0.3, -0.25) is 0 Å². The maximum atomic E-state index is 5.65. The normalized spacial score (nSPS) is 10.9. The molecule has 0 bridgehead atoms. The third-order valence-electron chi connectivity index (χ3n) is 2.06. The van der Waals surface area contributed by atoms with E-state index in [-0.39, 0.29) is 0 Å². The Morgan fingerprint density at radius 1 is 1.38 bits per heavy atom. The molecule has 16 heavy (non-hydrogen) atoms. The van der Waals surface area contributed by atoms with Crippen molar-refractivity contribution < 1.29 is 0 Å². The maximum absolute atomic E-state index is 5.65. The monoisotopic (exact) mass is 336 g/mol. The number of aromatic nitrogens is 2. The number of alkyl halides is 1. The lowest BCUT2D eigenvalue weighted by Gasteiger charge is -1.88. The molecule has 0 N–H and O–H groups in total. The first kappa shape index (κ1) is 12.5. The lowest BCUT2D eigenvalue weighted by atomic mass is 10.3. The fourth-order valence-electron chi connectivity index (χ4n) is 1.24. The number of nitrogens with zero attached hydrogens (tertiary/aromatic N) is 2. The van der Waals surface area contributed by atoms with Crippen LogP contribution in [-0.2, 0) is 6.42 Å². The molecule has 2 heterocycles. The largest absolute Gasteiger partial charge is 0.157 e. The van der Waals surface area contributed by atoms with E-state index in [9.17, 15) is 0 Å². The van der Waals surface area contributed by atoms with Crippen molar-refractivity contribution in [3.8, 4) is 9.88 Å². The molecular weight excluding hydrogens is 328 g/mol. The number of rotatable bonds is 4. The van der Waals surface area contributed by atoms with Crippen molar-refractivity contribution in [2.45, 2.75) is 19.8 Å². The van der Waals surface area contributed by atoms with E-state index >= 15 is 0 Å². The highest BCUT2D eigenvalue weighted by Gasteiger charge is 2.10. The molecule has 0 saturated carbocycles. The van der Waals surface area contributed by atoms with Gasteiger partial charge in [-0.15, -0.1) is 33.1 Å². The summed E-state index contributed by atoms with van der Waals surface area (Å²) in [6, 6.07) is 2.14. The van der Waals surface area contributed by atoms with Gasteiger partial charge in [-0.2, -0.15) is 0 Å². The van der Waals surface area contributed by atoms with Gasteiger partial charge in [-0.25, -0.2) is 0 Å². The molecule has 0 aromatic carbocycles. The van der Waals surface area contributed by atoms with Gasteiger partial charge in [0.1, 0.15) is 5.01 Å². The van der Waals surface area contributed by atoms with E-state index < -0.39 is 0 Å². The summed E-state index contributed by atoms with van der Waals surface area (Å²) in [5, 5.41) is 10.4. The van der Waals surface area contributed by atoms with Gasteiger partial charge < -0.3 is 0 Å². The van der Waals surface area contributed by atoms with Crippen LogP contribution in [0, 0.1) is 6.92 Å². The van der Waals surface area contributed by atoms with Gasteiger partial charge in [-0.05, 0) is 40.9 Å². The lowest BCUT2D eigenvalue weighted by molar-refractivity contribution is 0.884. The number of halogens is 2. The molecule has 0 unspecified atom stereocenters. The first-order valence-electron chi connectivity index (χ1n) is 4.85. The summed E-state index contributed by atoms with van der Waals surface area (Å²) in [6.45, 7) is 2.08. The predicted octanol–water partition coefficient (Wildman–Crippen LogP) is 4.51. The van der Waals surface area contributed by atoms with Crippen molar-refractivity contribution in [1.29, 1.82) is 0 Å². The van der Waals surface area contributed by atoms with Crippen LogP contribution in [0.25, 0.3) is 9.88 Å². The summed E-state index contributed by atoms with van der Waals surface area (Å²) >= 11 is 12.5. The minimum atomic E-state index is 0.679. The molecule has 0 radical (unpaired) electrons. The Balaban J connectivity index is 2.18. The molecule has 0 atom stereocenters. The molecule has 6 heteroatoms. The van der Waals surface area contributed by atoms with Crippen LogP contribution in [0.2, 0.25) is 0 Å². The summed E-state index contributed by atoms with van der Waals surface area (Å²) in [6.07, 6.45) is 1.88. The maximum Gasteiger partial charge on any atom is 0.157 e. The lowest BCUT2D eigenvalue weighted by Crippen LogP contribution is -1.84. The molecule has 0 fully saturated rings. The van der Waals surface area contributed by atoms with E-state index in [4.69, 9.17) is 11.6 Å². The minimum absolute atomic E-state index is 0.679. The van der Waals surface area contributed by atoms with Crippen molar-refractivity contribution in [2.75, 3.05) is 5.88 Å². The van der Waals surface area contributed by atoms with E-state index in [1.165, 1.54) is 14.2 Å². The highest BCUT2D eigenvalue weighted by Crippen LogP contribution is 2.36. The molecule has 0 aliphatic rings. The molecule has 2 nitrogen and oxygen atoms in total. The molecule has 0 spiro atoms. The number of hydrogen-bond acceptors (Lipinski definition) is 4. The molecule has 86 valence electrons. The molecular formula is C10H10BrClN2S2. The van der Waals surface area contributed by atoms with Crippen molar-refractivity contribution in [3.05, 3.63) is 20.4 Å². The molecule has 0 amide bonds. The Hall–Kier alpha value is 0.0300. The van der Waals surface area contributed by atoms with Crippen LogP contribution in [0.4, 0.5) is 0 Å². The number of aryl methyl sites for hydroxylation is 2. The van der Waals surface area contributed by atoms with E-state index in [0.29, 0.717) is 5.88 Å². The first-order chi connectivity index (χ1) is 7.70. The zero-order chi connectivity index (χ0) is 11.5. The predicted molar refractivity (Wildman–Crippen MR) is 74.7 cm³/mol. The zero-order valence-corrected chi connectivity index (χ0v) is 12.6. The summed E-state index contributed by atoms with van der Waals surface area (Å²) in [5.74, 6) is 0.679. The molecule has 0 saturated heterocycles. The summed E-state index contributed by atoms with van der Waals surface area (Å²) in [5.41, 5.74) is 1.25. The van der Waals surface area contributed by atoms with Gasteiger partial charge in [0.15, 0.2) is 5.01 Å².